The van der Waals surface area contributed by atoms with Crippen LogP contribution in [0.25, 0.3) is 0 Å². The molecular weight excluding hydrogens is 286 g/mol. The summed E-state index contributed by atoms with van der Waals surface area (Å²) in [5.41, 5.74) is 0. The van der Waals surface area contributed by atoms with Gasteiger partial charge in [-0.05, 0) is 0 Å². The SMILES string of the molecule is O=[PH]([O-])[O-].[Pb+2]. The van der Waals surface area contributed by atoms with Gasteiger partial charge >= 0.3 is 27.3 Å². The molecule has 0 spiro atoms. The van der Waals surface area contributed by atoms with Crippen LogP contribution in [0.2, 0.25) is 0 Å². The van der Waals surface area contributed by atoms with E-state index in [0.717, 1.165) is 0 Å². The second-order valence-electron chi connectivity index (χ2n) is 0.250. The van der Waals surface area contributed by atoms with Gasteiger partial charge in [0.15, 0.2) is 0 Å². The molecule has 0 saturated carbocycles. The molecule has 28 valence electrons. The molecule has 0 aliphatic carbocycles. The second kappa shape index (κ2) is 5.07. The molecule has 0 amide bonds. The van der Waals surface area contributed by atoms with Crippen molar-refractivity contribution in [2.24, 2.45) is 0 Å². The summed E-state index contributed by atoms with van der Waals surface area (Å²) in [6.07, 6.45) is 0. The molecule has 0 bridgehead atoms. The van der Waals surface area contributed by atoms with Gasteiger partial charge in [-0.2, -0.15) is 0 Å². The van der Waals surface area contributed by atoms with Gasteiger partial charge in [-0.25, -0.2) is 0 Å². The Hall–Kier alpha value is 1.07. The third kappa shape index (κ3) is 41.6. The maximum absolute atomic E-state index is 8.52. The Morgan fingerprint density at radius 3 is 1.40 bits per heavy atom. The number of rotatable bonds is 0. The average Bonchev–Trinajstić information content (AvgIpc) is 0.811. The second-order valence-corrected chi connectivity index (χ2v) is 0.750. The van der Waals surface area contributed by atoms with Crippen LogP contribution in [0.3, 0.4) is 0 Å². The normalized spacial score (nSPS) is 7.00. The van der Waals surface area contributed by atoms with Crippen LogP contribution in [0.1, 0.15) is 0 Å². The summed E-state index contributed by atoms with van der Waals surface area (Å²) >= 11 is 0. The Morgan fingerprint density at radius 1 is 1.40 bits per heavy atom. The van der Waals surface area contributed by atoms with Gasteiger partial charge in [-0.15, -0.1) is 0 Å². The zero-order valence-corrected chi connectivity index (χ0v) is 7.11. The van der Waals surface area contributed by atoms with E-state index in [-0.39, 0.29) is 27.3 Å². The first-order valence-corrected chi connectivity index (χ1v) is 1.84. The van der Waals surface area contributed by atoms with Crippen LogP contribution in [-0.2, 0) is 4.57 Å². The van der Waals surface area contributed by atoms with Crippen LogP contribution < -0.4 is 9.79 Å². The fourth-order valence-electron chi connectivity index (χ4n) is 0. The van der Waals surface area contributed by atoms with Gasteiger partial charge in [0.1, 0.15) is 0 Å². The van der Waals surface area contributed by atoms with Crippen molar-refractivity contribution in [2.45, 2.75) is 0 Å². The molecule has 5 heavy (non-hydrogen) atoms. The summed E-state index contributed by atoms with van der Waals surface area (Å²) in [6, 6.07) is 0. The molecule has 0 aromatic rings. The van der Waals surface area contributed by atoms with Gasteiger partial charge in [0.05, 0.1) is 0 Å². The molecule has 0 saturated heterocycles. The Morgan fingerprint density at radius 2 is 1.40 bits per heavy atom. The molecule has 0 aliphatic rings. The molecule has 0 heterocycles. The quantitative estimate of drug-likeness (QED) is 0.372. The predicted molar refractivity (Wildman–Crippen MR) is 14.8 cm³/mol. The van der Waals surface area contributed by atoms with Crippen LogP contribution >= 0.6 is 8.25 Å². The van der Waals surface area contributed by atoms with E-state index in [0.29, 0.717) is 0 Å². The predicted octanol–water partition coefficient (Wildman–Crippen LogP) is -2.28. The molecule has 0 aromatic heterocycles. The van der Waals surface area contributed by atoms with Crippen molar-refractivity contribution in [1.82, 2.24) is 0 Å². The van der Waals surface area contributed by atoms with Gasteiger partial charge < -0.3 is 14.4 Å². The van der Waals surface area contributed by atoms with Crippen LogP contribution in [0.4, 0.5) is 0 Å². The van der Waals surface area contributed by atoms with E-state index in [1.54, 1.807) is 0 Å². The molecule has 0 rings (SSSR count). The van der Waals surface area contributed by atoms with Crippen molar-refractivity contribution in [3.05, 3.63) is 0 Å². The van der Waals surface area contributed by atoms with E-state index < -0.39 is 8.25 Å². The standard InChI is InChI=1S/H3O3P.Pb/c1-4(2)3;/h4H,(H2,1,2,3);/q;+2/p-2. The molecule has 0 unspecified atom stereocenters. The zero-order chi connectivity index (χ0) is 3.58. The van der Waals surface area contributed by atoms with Crippen LogP contribution in [0.15, 0.2) is 0 Å². The molecule has 5 heteroatoms. The van der Waals surface area contributed by atoms with Crippen LogP contribution in [-0.4, -0.2) is 27.3 Å². The first-order chi connectivity index (χ1) is 1.73. The summed E-state index contributed by atoms with van der Waals surface area (Å²) in [5, 5.41) is 0. The first-order valence-electron chi connectivity index (χ1n) is 0.612. The monoisotopic (exact) mass is 288 g/mol. The fourth-order valence-corrected chi connectivity index (χ4v) is 0. The fraction of sp³-hybridized carbons (Fsp3) is 0. The van der Waals surface area contributed by atoms with Crippen LogP contribution in [0, 0.1) is 0 Å². The van der Waals surface area contributed by atoms with Gasteiger partial charge in [0.2, 0.25) is 0 Å². The maximum atomic E-state index is 8.52. The van der Waals surface area contributed by atoms with Crippen molar-refractivity contribution < 1.29 is 14.4 Å². The van der Waals surface area contributed by atoms with Crippen molar-refractivity contribution in [3.63, 3.8) is 0 Å². The maximum Gasteiger partial charge on any atom is 2.00 e. The van der Waals surface area contributed by atoms with Crippen molar-refractivity contribution in [1.29, 1.82) is 0 Å². The Labute approximate surface area is 50.1 Å². The number of hydrogen-bond acceptors (Lipinski definition) is 3. The largest absolute Gasteiger partial charge is 2.00 e. The zero-order valence-electron chi connectivity index (χ0n) is 2.22. The van der Waals surface area contributed by atoms with E-state index in [9.17, 15) is 0 Å². The van der Waals surface area contributed by atoms with Crippen molar-refractivity contribution >= 4 is 35.6 Å². The summed E-state index contributed by atoms with van der Waals surface area (Å²) in [7, 11) is -3.63. The molecule has 0 aromatic carbocycles. The molecule has 0 aliphatic heterocycles. The van der Waals surface area contributed by atoms with E-state index in [4.69, 9.17) is 14.4 Å². The van der Waals surface area contributed by atoms with E-state index >= 15 is 0 Å². The first kappa shape index (κ1) is 9.42. The van der Waals surface area contributed by atoms with Crippen LogP contribution in [0.5, 0.6) is 0 Å². The molecule has 2 radical (unpaired) electrons. The minimum Gasteiger partial charge on any atom is -0.813 e. The third-order valence-electron chi connectivity index (χ3n) is 0. The van der Waals surface area contributed by atoms with Gasteiger partial charge in [-0.1, -0.05) is 8.25 Å². The minimum atomic E-state index is -3.63. The van der Waals surface area contributed by atoms with Crippen molar-refractivity contribution in [3.8, 4) is 0 Å². The Kier molecular flexibility index (Phi) is 9.56. The number of hydrogen-bond donors (Lipinski definition) is 0. The topological polar surface area (TPSA) is 63.2 Å². The Bertz CT molecular complexity index is 29.9. The summed E-state index contributed by atoms with van der Waals surface area (Å²) in [5.74, 6) is 0. The molecule has 0 atom stereocenters. The molecule has 0 fully saturated rings. The molecule has 3 nitrogen and oxygen atoms in total. The average molecular weight is 287 g/mol. The van der Waals surface area contributed by atoms with Gasteiger partial charge in [0, 0.05) is 0 Å². The summed E-state index contributed by atoms with van der Waals surface area (Å²) in [6.45, 7) is 0. The van der Waals surface area contributed by atoms with Crippen molar-refractivity contribution in [2.75, 3.05) is 0 Å². The molecular formula is HO3PPb. The summed E-state index contributed by atoms with van der Waals surface area (Å²) in [4.78, 5) is 17.0. The van der Waals surface area contributed by atoms with E-state index in [1.165, 1.54) is 0 Å². The third-order valence-corrected chi connectivity index (χ3v) is 0. The van der Waals surface area contributed by atoms with E-state index in [1.807, 2.05) is 0 Å². The van der Waals surface area contributed by atoms with Gasteiger partial charge in [0.25, 0.3) is 0 Å². The van der Waals surface area contributed by atoms with E-state index in [2.05, 4.69) is 0 Å². The smallest absolute Gasteiger partial charge is 0.813 e. The Balaban J connectivity index is 0. The molecule has 0 N–H and O–H groups in total. The van der Waals surface area contributed by atoms with Gasteiger partial charge in [-0.3, -0.25) is 0 Å². The minimum absolute atomic E-state index is 0. The summed E-state index contributed by atoms with van der Waals surface area (Å²) < 4.78 is 8.52.